The fourth-order valence-corrected chi connectivity index (χ4v) is 2.77. The summed E-state index contributed by atoms with van der Waals surface area (Å²) in [5, 5.41) is 8.66. The second kappa shape index (κ2) is 5.89. The quantitative estimate of drug-likeness (QED) is 0.601. The van der Waals surface area contributed by atoms with E-state index in [1.165, 1.54) is 11.8 Å². The first-order valence-electron chi connectivity index (χ1n) is 6.81. The van der Waals surface area contributed by atoms with E-state index in [0.29, 0.717) is 22.5 Å². The van der Waals surface area contributed by atoms with Crippen LogP contribution in [0.4, 0.5) is 0 Å². The first-order valence-corrected chi connectivity index (χ1v) is 7.80. The fraction of sp³-hybridized carbons (Fsp3) is 0.400. The zero-order valence-electron chi connectivity index (χ0n) is 12.0. The molecule has 1 saturated carbocycles. The standard InChI is InChI=1S/C15H16N2O3S/c1-9(18)11-5-6-13(19-2)12(7-11)8-21-15-17-16-14(20-15)10-3-4-10/h5-7,10H,3-4,8H2,1-2H3. The maximum absolute atomic E-state index is 11.5. The van der Waals surface area contributed by atoms with Crippen molar-refractivity contribution in [1.29, 1.82) is 0 Å². The molecule has 1 aliphatic rings. The van der Waals surface area contributed by atoms with Gasteiger partial charge in [-0.15, -0.1) is 10.2 Å². The molecule has 0 atom stereocenters. The number of benzene rings is 1. The van der Waals surface area contributed by atoms with Crippen molar-refractivity contribution in [2.75, 3.05) is 7.11 Å². The van der Waals surface area contributed by atoms with Gasteiger partial charge in [0.2, 0.25) is 5.89 Å². The van der Waals surface area contributed by atoms with Crippen LogP contribution in [0.5, 0.6) is 5.75 Å². The van der Waals surface area contributed by atoms with E-state index >= 15 is 0 Å². The maximum Gasteiger partial charge on any atom is 0.276 e. The van der Waals surface area contributed by atoms with Crippen LogP contribution in [0.1, 0.15) is 47.5 Å². The second-order valence-corrected chi connectivity index (χ2v) is 5.98. The van der Waals surface area contributed by atoms with E-state index in [9.17, 15) is 4.79 Å². The summed E-state index contributed by atoms with van der Waals surface area (Å²) in [6.07, 6.45) is 2.28. The summed E-state index contributed by atoms with van der Waals surface area (Å²) in [5.74, 6) is 2.62. The third-order valence-electron chi connectivity index (χ3n) is 3.39. The summed E-state index contributed by atoms with van der Waals surface area (Å²) >= 11 is 1.46. The maximum atomic E-state index is 11.5. The van der Waals surface area contributed by atoms with Gasteiger partial charge in [-0.1, -0.05) is 11.8 Å². The van der Waals surface area contributed by atoms with Gasteiger partial charge in [0.1, 0.15) is 5.75 Å². The second-order valence-electron chi connectivity index (χ2n) is 5.05. The van der Waals surface area contributed by atoms with Gasteiger partial charge in [-0.25, -0.2) is 0 Å². The molecule has 21 heavy (non-hydrogen) atoms. The van der Waals surface area contributed by atoms with Crippen LogP contribution in [-0.2, 0) is 5.75 Å². The van der Waals surface area contributed by atoms with E-state index in [0.717, 1.165) is 30.0 Å². The number of carbonyl (C=O) groups is 1. The molecule has 0 radical (unpaired) electrons. The average molecular weight is 304 g/mol. The number of rotatable bonds is 6. The number of ketones is 1. The van der Waals surface area contributed by atoms with Crippen molar-refractivity contribution in [3.8, 4) is 5.75 Å². The SMILES string of the molecule is COc1ccc(C(C)=O)cc1CSc1nnc(C2CC2)o1. The number of thioether (sulfide) groups is 1. The molecular weight excluding hydrogens is 288 g/mol. The number of aromatic nitrogens is 2. The Kier molecular flexibility index (Phi) is 3.96. The Morgan fingerprint density at radius 1 is 1.43 bits per heavy atom. The lowest BCUT2D eigenvalue weighted by Crippen LogP contribution is -1.96. The van der Waals surface area contributed by atoms with Crippen molar-refractivity contribution in [3.63, 3.8) is 0 Å². The third-order valence-corrected chi connectivity index (χ3v) is 4.25. The Morgan fingerprint density at radius 3 is 2.90 bits per heavy atom. The van der Waals surface area contributed by atoms with E-state index in [1.54, 1.807) is 20.1 Å². The van der Waals surface area contributed by atoms with E-state index < -0.39 is 0 Å². The van der Waals surface area contributed by atoms with Gasteiger partial charge in [0, 0.05) is 22.8 Å². The Bertz CT molecular complexity index is 665. The van der Waals surface area contributed by atoms with Crippen molar-refractivity contribution < 1.29 is 13.9 Å². The molecule has 1 aliphatic carbocycles. The van der Waals surface area contributed by atoms with Gasteiger partial charge < -0.3 is 9.15 Å². The Labute approximate surface area is 127 Å². The molecule has 1 heterocycles. The summed E-state index contributed by atoms with van der Waals surface area (Å²) in [7, 11) is 1.62. The molecule has 0 bridgehead atoms. The lowest BCUT2D eigenvalue weighted by Gasteiger charge is -2.08. The molecule has 110 valence electrons. The van der Waals surface area contributed by atoms with Crippen LogP contribution in [0.25, 0.3) is 0 Å². The van der Waals surface area contributed by atoms with Gasteiger partial charge in [0.25, 0.3) is 5.22 Å². The highest BCUT2D eigenvalue weighted by Gasteiger charge is 2.29. The monoisotopic (exact) mass is 304 g/mol. The first-order chi connectivity index (χ1) is 10.2. The molecule has 0 amide bonds. The topological polar surface area (TPSA) is 65.2 Å². The largest absolute Gasteiger partial charge is 0.496 e. The third kappa shape index (κ3) is 3.26. The van der Waals surface area contributed by atoms with E-state index in [4.69, 9.17) is 9.15 Å². The molecule has 3 rings (SSSR count). The van der Waals surface area contributed by atoms with Gasteiger partial charge in [0.15, 0.2) is 5.78 Å². The van der Waals surface area contributed by atoms with Gasteiger partial charge in [-0.3, -0.25) is 4.79 Å². The molecule has 2 aromatic rings. The molecule has 0 unspecified atom stereocenters. The molecular formula is C15H16N2O3S. The lowest BCUT2D eigenvalue weighted by atomic mass is 10.1. The summed E-state index contributed by atoms with van der Waals surface area (Å²) < 4.78 is 10.9. The van der Waals surface area contributed by atoms with Crippen LogP contribution in [0.15, 0.2) is 27.8 Å². The molecule has 1 fully saturated rings. The number of ether oxygens (including phenoxy) is 1. The highest BCUT2D eigenvalue weighted by Crippen LogP contribution is 2.40. The van der Waals surface area contributed by atoms with Crippen LogP contribution < -0.4 is 4.74 Å². The van der Waals surface area contributed by atoms with Crippen molar-refractivity contribution >= 4 is 17.5 Å². The van der Waals surface area contributed by atoms with E-state index in [1.807, 2.05) is 12.1 Å². The van der Waals surface area contributed by atoms with Crippen LogP contribution in [0.3, 0.4) is 0 Å². The summed E-state index contributed by atoms with van der Waals surface area (Å²) in [6, 6.07) is 5.44. The molecule has 1 aromatic carbocycles. The van der Waals surface area contributed by atoms with Crippen molar-refractivity contribution in [1.82, 2.24) is 10.2 Å². The fourth-order valence-electron chi connectivity index (χ4n) is 2.02. The number of methoxy groups -OCH3 is 1. The van der Waals surface area contributed by atoms with Crippen LogP contribution in [0.2, 0.25) is 0 Å². The summed E-state index contributed by atoms with van der Waals surface area (Å²) in [6.45, 7) is 1.55. The van der Waals surface area contributed by atoms with Crippen molar-refractivity contribution in [3.05, 3.63) is 35.2 Å². The number of hydrogen-bond acceptors (Lipinski definition) is 6. The van der Waals surface area contributed by atoms with Crippen molar-refractivity contribution in [2.24, 2.45) is 0 Å². The smallest absolute Gasteiger partial charge is 0.276 e. The molecule has 0 N–H and O–H groups in total. The Morgan fingerprint density at radius 2 is 2.24 bits per heavy atom. The molecule has 5 nitrogen and oxygen atoms in total. The van der Waals surface area contributed by atoms with Gasteiger partial charge >= 0.3 is 0 Å². The van der Waals surface area contributed by atoms with Crippen LogP contribution >= 0.6 is 11.8 Å². The predicted octanol–water partition coefficient (Wildman–Crippen LogP) is 3.45. The number of carbonyl (C=O) groups excluding carboxylic acids is 1. The predicted molar refractivity (Wildman–Crippen MR) is 78.8 cm³/mol. The van der Waals surface area contributed by atoms with Crippen LogP contribution in [0, 0.1) is 0 Å². The number of hydrogen-bond donors (Lipinski definition) is 0. The van der Waals surface area contributed by atoms with Crippen LogP contribution in [-0.4, -0.2) is 23.1 Å². The summed E-state index contributed by atoms with van der Waals surface area (Å²) in [5.41, 5.74) is 1.62. The highest BCUT2D eigenvalue weighted by molar-refractivity contribution is 7.98. The lowest BCUT2D eigenvalue weighted by molar-refractivity contribution is 0.101. The summed E-state index contributed by atoms with van der Waals surface area (Å²) in [4.78, 5) is 11.5. The normalized spacial score (nSPS) is 14.2. The highest BCUT2D eigenvalue weighted by atomic mass is 32.2. The van der Waals surface area contributed by atoms with Gasteiger partial charge in [-0.2, -0.15) is 0 Å². The molecule has 0 aliphatic heterocycles. The molecule has 0 saturated heterocycles. The minimum absolute atomic E-state index is 0.0395. The number of nitrogens with zero attached hydrogens (tertiary/aromatic N) is 2. The molecule has 6 heteroatoms. The minimum Gasteiger partial charge on any atom is -0.496 e. The Balaban J connectivity index is 1.73. The van der Waals surface area contributed by atoms with Crippen molar-refractivity contribution in [2.45, 2.75) is 36.7 Å². The van der Waals surface area contributed by atoms with E-state index in [2.05, 4.69) is 10.2 Å². The Hall–Kier alpha value is -1.82. The van der Waals surface area contributed by atoms with Gasteiger partial charge in [0.05, 0.1) is 7.11 Å². The number of Topliss-reactive ketones (excluding diaryl/α,β-unsaturated/α-hetero) is 1. The molecule has 0 spiro atoms. The first kappa shape index (κ1) is 14.1. The van der Waals surface area contributed by atoms with E-state index in [-0.39, 0.29) is 5.78 Å². The van der Waals surface area contributed by atoms with Gasteiger partial charge in [-0.05, 0) is 38.0 Å². The molecule has 1 aromatic heterocycles. The zero-order valence-corrected chi connectivity index (χ0v) is 12.8. The minimum atomic E-state index is 0.0395. The average Bonchev–Trinajstić information content (AvgIpc) is 3.23. The zero-order chi connectivity index (χ0) is 14.8.